The quantitative estimate of drug-likeness (QED) is 0.853. The van der Waals surface area contributed by atoms with Gasteiger partial charge in [-0.1, -0.05) is 6.58 Å². The topological polar surface area (TPSA) is 71.9 Å². The van der Waals surface area contributed by atoms with E-state index in [2.05, 4.69) is 27.4 Å². The number of nitrogens with two attached hydrogens (primary N) is 1. The molecule has 3 heterocycles. The fourth-order valence-corrected chi connectivity index (χ4v) is 4.20. The molecule has 4 rings (SSSR count). The Labute approximate surface area is 170 Å². The van der Waals surface area contributed by atoms with E-state index >= 15 is 0 Å². The third-order valence-electron chi connectivity index (χ3n) is 5.76. The van der Waals surface area contributed by atoms with Crippen LogP contribution in [0.5, 0.6) is 0 Å². The van der Waals surface area contributed by atoms with Gasteiger partial charge >= 0.3 is 0 Å². The number of benzene rings is 1. The van der Waals surface area contributed by atoms with Crippen LogP contribution in [-0.2, 0) is 6.54 Å². The van der Waals surface area contributed by atoms with Crippen molar-refractivity contribution in [2.75, 3.05) is 26.7 Å². The minimum Gasteiger partial charge on any atom is -0.327 e. The molecule has 0 spiro atoms. The fraction of sp³-hybridized carbons (Fsp3) is 0.364. The second-order valence-corrected chi connectivity index (χ2v) is 7.74. The van der Waals surface area contributed by atoms with Gasteiger partial charge in [0.15, 0.2) is 0 Å². The van der Waals surface area contributed by atoms with Crippen LogP contribution in [-0.4, -0.2) is 53.3 Å². The molecule has 6 nitrogen and oxygen atoms in total. The minimum absolute atomic E-state index is 0.179. The van der Waals surface area contributed by atoms with Gasteiger partial charge in [0.25, 0.3) is 0 Å². The number of nitrogens with zero attached hydrogens (tertiary/aromatic N) is 5. The smallest absolute Gasteiger partial charge is 0.142 e. The summed E-state index contributed by atoms with van der Waals surface area (Å²) >= 11 is 0. The summed E-state index contributed by atoms with van der Waals surface area (Å²) in [5.74, 6) is 1.26. The van der Waals surface area contributed by atoms with Crippen LogP contribution in [0.3, 0.4) is 0 Å². The van der Waals surface area contributed by atoms with E-state index in [0.29, 0.717) is 24.2 Å². The molecule has 1 aromatic rings. The van der Waals surface area contributed by atoms with Crippen molar-refractivity contribution in [3.8, 4) is 6.07 Å². The standard InChI is InChI=1S/C22H25FN6/c1-15-27(2)22-20(7-8-26-22)21(14-28-9-3-4-19(25)13-28)29(15)12-17-10-18(23)6-5-16(17)11-24/h5-8,10,19H,1,3-4,9,12-14,25H2,2H3. The molecule has 29 heavy (non-hydrogen) atoms. The number of likely N-dealkylation sites (tertiary alicyclic amines) is 1. The Balaban J connectivity index is 1.72. The average Bonchev–Trinajstić information content (AvgIpc) is 3.19. The monoisotopic (exact) mass is 392 g/mol. The van der Waals surface area contributed by atoms with Crippen LogP contribution in [0.1, 0.15) is 24.0 Å². The van der Waals surface area contributed by atoms with Gasteiger partial charge in [-0.05, 0) is 49.2 Å². The van der Waals surface area contributed by atoms with Crippen molar-refractivity contribution in [1.82, 2.24) is 14.7 Å². The van der Waals surface area contributed by atoms with Gasteiger partial charge in [0.2, 0.25) is 0 Å². The van der Waals surface area contributed by atoms with Gasteiger partial charge in [-0.25, -0.2) is 9.38 Å². The molecule has 0 aliphatic carbocycles. The first-order valence-corrected chi connectivity index (χ1v) is 9.82. The number of hydrogen-bond donors (Lipinski definition) is 1. The molecule has 7 heteroatoms. The predicted molar refractivity (Wildman–Crippen MR) is 111 cm³/mol. The molecule has 1 atom stereocenters. The number of fused-ring (bicyclic) bond motifs is 1. The third-order valence-corrected chi connectivity index (χ3v) is 5.76. The Hall–Kier alpha value is -2.95. The maximum absolute atomic E-state index is 13.9. The summed E-state index contributed by atoms with van der Waals surface area (Å²) in [6, 6.07) is 6.62. The maximum atomic E-state index is 13.9. The first-order valence-electron chi connectivity index (χ1n) is 9.82. The number of likely N-dealkylation sites (N-methyl/N-ethyl adjacent to an activating group) is 1. The summed E-state index contributed by atoms with van der Waals surface area (Å²) in [6.45, 7) is 7.15. The van der Waals surface area contributed by atoms with Crippen LogP contribution in [0.15, 0.2) is 59.1 Å². The molecular formula is C22H25FN6. The van der Waals surface area contributed by atoms with Gasteiger partial charge in [0.05, 0.1) is 18.2 Å². The summed E-state index contributed by atoms with van der Waals surface area (Å²) in [5, 5.41) is 9.47. The molecular weight excluding hydrogens is 367 g/mol. The maximum Gasteiger partial charge on any atom is 0.142 e. The highest BCUT2D eigenvalue weighted by molar-refractivity contribution is 6.05. The molecule has 3 aliphatic heterocycles. The van der Waals surface area contributed by atoms with Gasteiger partial charge in [-0.15, -0.1) is 0 Å². The van der Waals surface area contributed by atoms with Crippen LogP contribution < -0.4 is 5.73 Å². The molecule has 0 amide bonds. The molecule has 1 unspecified atom stereocenters. The second kappa shape index (κ2) is 7.82. The summed E-state index contributed by atoms with van der Waals surface area (Å²) in [7, 11) is 1.92. The van der Waals surface area contributed by atoms with Crippen molar-refractivity contribution in [3.63, 3.8) is 0 Å². The van der Waals surface area contributed by atoms with Gasteiger partial charge in [-0.3, -0.25) is 4.90 Å². The van der Waals surface area contributed by atoms with E-state index in [1.54, 1.807) is 6.20 Å². The molecule has 150 valence electrons. The van der Waals surface area contributed by atoms with Crippen molar-refractivity contribution in [2.45, 2.75) is 25.4 Å². The lowest BCUT2D eigenvalue weighted by Gasteiger charge is -2.42. The lowest BCUT2D eigenvalue weighted by molar-refractivity contribution is 0.198. The van der Waals surface area contributed by atoms with E-state index < -0.39 is 0 Å². The second-order valence-electron chi connectivity index (χ2n) is 7.74. The highest BCUT2D eigenvalue weighted by Gasteiger charge is 2.33. The van der Waals surface area contributed by atoms with Gasteiger partial charge in [-0.2, -0.15) is 5.26 Å². The molecule has 2 N–H and O–H groups in total. The minimum atomic E-state index is -0.353. The van der Waals surface area contributed by atoms with Crippen LogP contribution in [0.2, 0.25) is 0 Å². The van der Waals surface area contributed by atoms with Crippen LogP contribution in [0, 0.1) is 17.1 Å². The highest BCUT2D eigenvalue weighted by Crippen LogP contribution is 2.33. The molecule has 0 aromatic heterocycles. The zero-order valence-corrected chi connectivity index (χ0v) is 16.6. The largest absolute Gasteiger partial charge is 0.327 e. The Morgan fingerprint density at radius 2 is 2.21 bits per heavy atom. The number of hydrogen-bond acceptors (Lipinski definition) is 6. The zero-order valence-electron chi connectivity index (χ0n) is 16.6. The number of amidine groups is 1. The summed E-state index contributed by atoms with van der Waals surface area (Å²) in [4.78, 5) is 10.9. The number of halogens is 1. The van der Waals surface area contributed by atoms with Crippen molar-refractivity contribution in [3.05, 3.63) is 71.1 Å². The van der Waals surface area contributed by atoms with E-state index in [0.717, 1.165) is 48.9 Å². The van der Waals surface area contributed by atoms with E-state index in [1.807, 2.05) is 18.0 Å². The van der Waals surface area contributed by atoms with Gasteiger partial charge in [0, 0.05) is 43.6 Å². The Kier molecular flexibility index (Phi) is 5.22. The van der Waals surface area contributed by atoms with E-state index in [9.17, 15) is 9.65 Å². The van der Waals surface area contributed by atoms with Crippen LogP contribution >= 0.6 is 0 Å². The van der Waals surface area contributed by atoms with Crippen molar-refractivity contribution in [1.29, 1.82) is 5.26 Å². The molecule has 1 fully saturated rings. The SMILES string of the molecule is C=C1N(C)C2=NC=CC2=C(CN2CCCC(N)C2)N1Cc1cc(F)ccc1C#N. The van der Waals surface area contributed by atoms with Gasteiger partial charge in [0.1, 0.15) is 17.5 Å². The van der Waals surface area contributed by atoms with Crippen molar-refractivity contribution in [2.24, 2.45) is 10.7 Å². The number of aliphatic imine (C=N–C) groups is 1. The molecule has 1 aromatic carbocycles. The van der Waals surface area contributed by atoms with Crippen LogP contribution in [0.25, 0.3) is 0 Å². The average molecular weight is 392 g/mol. The van der Waals surface area contributed by atoms with Crippen LogP contribution in [0.4, 0.5) is 4.39 Å². The first-order chi connectivity index (χ1) is 14.0. The number of rotatable bonds is 4. The summed E-state index contributed by atoms with van der Waals surface area (Å²) in [5.41, 5.74) is 9.38. The lowest BCUT2D eigenvalue weighted by atomic mass is 10.0. The predicted octanol–water partition coefficient (Wildman–Crippen LogP) is 2.52. The Bertz CT molecular complexity index is 970. The molecule has 0 bridgehead atoms. The van der Waals surface area contributed by atoms with E-state index in [-0.39, 0.29) is 11.9 Å². The van der Waals surface area contributed by atoms with Gasteiger partial charge < -0.3 is 15.5 Å². The van der Waals surface area contributed by atoms with Crippen molar-refractivity contribution >= 4 is 5.84 Å². The third kappa shape index (κ3) is 3.69. The molecule has 0 saturated carbocycles. The highest BCUT2D eigenvalue weighted by atomic mass is 19.1. The van der Waals surface area contributed by atoms with E-state index in [1.165, 1.54) is 18.2 Å². The molecule has 3 aliphatic rings. The molecule has 1 saturated heterocycles. The Morgan fingerprint density at radius 1 is 1.38 bits per heavy atom. The van der Waals surface area contributed by atoms with E-state index in [4.69, 9.17) is 5.73 Å². The first kappa shape index (κ1) is 19.4. The number of piperidine rings is 1. The normalized spacial score (nSPS) is 22.1. The summed E-state index contributed by atoms with van der Waals surface area (Å²) < 4.78 is 13.9. The van der Waals surface area contributed by atoms with Crippen molar-refractivity contribution < 1.29 is 4.39 Å². The zero-order chi connectivity index (χ0) is 20.5. The lowest BCUT2D eigenvalue weighted by Crippen LogP contribution is -2.48. The Morgan fingerprint density at radius 3 is 2.97 bits per heavy atom. The summed E-state index contributed by atoms with van der Waals surface area (Å²) in [6.07, 6.45) is 5.91. The molecule has 0 radical (unpaired) electrons. The number of nitriles is 1. The fourth-order valence-electron chi connectivity index (χ4n) is 4.20.